The van der Waals surface area contributed by atoms with Gasteiger partial charge in [-0.25, -0.2) is 0 Å². The molecule has 18 heavy (non-hydrogen) atoms. The van der Waals surface area contributed by atoms with Crippen LogP contribution in [0.15, 0.2) is 18.2 Å². The van der Waals surface area contributed by atoms with E-state index < -0.39 is 0 Å². The highest BCUT2D eigenvalue weighted by molar-refractivity contribution is 6.30. The van der Waals surface area contributed by atoms with E-state index in [1.54, 1.807) is 0 Å². The molecular formula is C16H22ClN. The Morgan fingerprint density at radius 2 is 1.89 bits per heavy atom. The smallest absolute Gasteiger partial charge is 0.0408 e. The van der Waals surface area contributed by atoms with E-state index in [2.05, 4.69) is 31.3 Å². The van der Waals surface area contributed by atoms with Gasteiger partial charge in [-0.1, -0.05) is 31.5 Å². The fraction of sp³-hybridized carbons (Fsp3) is 0.625. The first-order valence-electron chi connectivity index (χ1n) is 7.17. The van der Waals surface area contributed by atoms with Crippen LogP contribution in [0, 0.1) is 11.8 Å². The third kappa shape index (κ3) is 2.31. The van der Waals surface area contributed by atoms with Crippen molar-refractivity contribution in [2.24, 2.45) is 11.8 Å². The number of halogens is 1. The molecule has 4 unspecified atom stereocenters. The summed E-state index contributed by atoms with van der Waals surface area (Å²) >= 11 is 6.06. The fourth-order valence-electron chi connectivity index (χ4n) is 3.61. The molecule has 0 aromatic heterocycles. The average Bonchev–Trinajstić information content (AvgIpc) is 2.86. The van der Waals surface area contributed by atoms with Gasteiger partial charge >= 0.3 is 0 Å². The van der Waals surface area contributed by atoms with Gasteiger partial charge in [0, 0.05) is 17.1 Å². The lowest BCUT2D eigenvalue weighted by atomic mass is 9.97. The maximum atomic E-state index is 6.06. The zero-order chi connectivity index (χ0) is 12.7. The Morgan fingerprint density at radius 1 is 1.11 bits per heavy atom. The van der Waals surface area contributed by atoms with Gasteiger partial charge in [0.05, 0.1) is 0 Å². The first kappa shape index (κ1) is 12.5. The van der Waals surface area contributed by atoms with Gasteiger partial charge < -0.3 is 5.32 Å². The van der Waals surface area contributed by atoms with Crippen molar-refractivity contribution < 1.29 is 0 Å². The molecule has 1 aromatic carbocycles. The average molecular weight is 264 g/mol. The van der Waals surface area contributed by atoms with Gasteiger partial charge in [0.2, 0.25) is 0 Å². The standard InChI is InChI=1S/C16H22ClN/c1-10-3-6-16(11(10)2)18-15-8-12-4-5-14(17)7-13(12)9-15/h4-5,7,10-11,15-16,18H,3,6,8-9H2,1-2H3. The van der Waals surface area contributed by atoms with Crippen molar-refractivity contribution in [1.29, 1.82) is 0 Å². The summed E-state index contributed by atoms with van der Waals surface area (Å²) < 4.78 is 0. The predicted molar refractivity (Wildman–Crippen MR) is 77.1 cm³/mol. The molecule has 0 aliphatic heterocycles. The maximum absolute atomic E-state index is 6.06. The monoisotopic (exact) mass is 263 g/mol. The van der Waals surface area contributed by atoms with Crippen LogP contribution in [-0.2, 0) is 12.8 Å². The maximum Gasteiger partial charge on any atom is 0.0408 e. The van der Waals surface area contributed by atoms with E-state index in [1.165, 1.54) is 30.4 Å². The largest absolute Gasteiger partial charge is 0.310 e. The second-order valence-electron chi connectivity index (χ2n) is 6.21. The molecule has 98 valence electrons. The van der Waals surface area contributed by atoms with Gasteiger partial charge in [-0.2, -0.15) is 0 Å². The van der Waals surface area contributed by atoms with Crippen LogP contribution < -0.4 is 5.32 Å². The summed E-state index contributed by atoms with van der Waals surface area (Å²) in [6, 6.07) is 7.69. The first-order valence-corrected chi connectivity index (χ1v) is 7.54. The molecule has 3 rings (SSSR count). The van der Waals surface area contributed by atoms with Crippen LogP contribution in [0.25, 0.3) is 0 Å². The summed E-state index contributed by atoms with van der Waals surface area (Å²) in [6.45, 7) is 4.78. The molecule has 1 aromatic rings. The van der Waals surface area contributed by atoms with Crippen LogP contribution >= 0.6 is 11.6 Å². The molecule has 1 saturated carbocycles. The molecule has 1 fully saturated rings. The molecule has 0 saturated heterocycles. The van der Waals surface area contributed by atoms with Crippen molar-refractivity contribution >= 4 is 11.6 Å². The van der Waals surface area contributed by atoms with Crippen molar-refractivity contribution in [3.8, 4) is 0 Å². The highest BCUT2D eigenvalue weighted by Gasteiger charge is 2.32. The SMILES string of the molecule is CC1CCC(NC2Cc3ccc(Cl)cc3C2)C1C. The van der Waals surface area contributed by atoms with Gasteiger partial charge in [0.1, 0.15) is 0 Å². The third-order valence-electron chi connectivity index (χ3n) is 5.02. The van der Waals surface area contributed by atoms with Crippen molar-refractivity contribution in [2.45, 2.75) is 51.6 Å². The number of rotatable bonds is 2. The summed E-state index contributed by atoms with van der Waals surface area (Å²) in [6.07, 6.45) is 5.04. The Bertz CT molecular complexity index is 443. The van der Waals surface area contributed by atoms with E-state index in [1.807, 2.05) is 6.07 Å². The number of hydrogen-bond acceptors (Lipinski definition) is 1. The van der Waals surface area contributed by atoms with E-state index in [9.17, 15) is 0 Å². The molecule has 0 heterocycles. The summed E-state index contributed by atoms with van der Waals surface area (Å²) in [5, 5.41) is 4.75. The van der Waals surface area contributed by atoms with Crippen LogP contribution in [0.4, 0.5) is 0 Å². The van der Waals surface area contributed by atoms with Gasteiger partial charge in [0.15, 0.2) is 0 Å². The zero-order valence-corrected chi connectivity index (χ0v) is 12.0. The molecule has 0 amide bonds. The van der Waals surface area contributed by atoms with Crippen molar-refractivity contribution in [2.75, 3.05) is 0 Å². The van der Waals surface area contributed by atoms with Crippen molar-refractivity contribution in [3.63, 3.8) is 0 Å². The predicted octanol–water partition coefficient (Wildman–Crippen LogP) is 3.83. The van der Waals surface area contributed by atoms with E-state index in [0.717, 1.165) is 29.3 Å². The second-order valence-corrected chi connectivity index (χ2v) is 6.64. The lowest BCUT2D eigenvalue weighted by Gasteiger charge is -2.23. The van der Waals surface area contributed by atoms with Crippen LogP contribution in [0.2, 0.25) is 5.02 Å². The Morgan fingerprint density at radius 3 is 2.61 bits per heavy atom. The van der Waals surface area contributed by atoms with Crippen molar-refractivity contribution in [1.82, 2.24) is 5.32 Å². The lowest BCUT2D eigenvalue weighted by molar-refractivity contribution is 0.340. The Labute approximate surface area is 115 Å². The Kier molecular flexibility index (Phi) is 3.38. The Balaban J connectivity index is 1.64. The van der Waals surface area contributed by atoms with Crippen molar-refractivity contribution in [3.05, 3.63) is 34.3 Å². The van der Waals surface area contributed by atoms with Crippen LogP contribution in [0.5, 0.6) is 0 Å². The normalized spacial score (nSPS) is 34.8. The van der Waals surface area contributed by atoms with E-state index in [4.69, 9.17) is 11.6 Å². The van der Waals surface area contributed by atoms with Crippen LogP contribution in [0.3, 0.4) is 0 Å². The number of benzene rings is 1. The summed E-state index contributed by atoms with van der Waals surface area (Å²) in [7, 11) is 0. The van der Waals surface area contributed by atoms with E-state index in [-0.39, 0.29) is 0 Å². The topological polar surface area (TPSA) is 12.0 Å². The highest BCUT2D eigenvalue weighted by atomic mass is 35.5. The van der Waals surface area contributed by atoms with E-state index in [0.29, 0.717) is 6.04 Å². The molecular weight excluding hydrogens is 242 g/mol. The van der Waals surface area contributed by atoms with Gasteiger partial charge in [-0.15, -0.1) is 0 Å². The fourth-order valence-corrected chi connectivity index (χ4v) is 3.80. The number of fused-ring (bicyclic) bond motifs is 1. The van der Waals surface area contributed by atoms with Gasteiger partial charge in [0.25, 0.3) is 0 Å². The zero-order valence-electron chi connectivity index (χ0n) is 11.2. The molecule has 1 N–H and O–H groups in total. The molecule has 2 aliphatic rings. The minimum absolute atomic E-state index is 0.621. The van der Waals surface area contributed by atoms with Gasteiger partial charge in [-0.3, -0.25) is 0 Å². The third-order valence-corrected chi connectivity index (χ3v) is 5.25. The van der Waals surface area contributed by atoms with Crippen LogP contribution in [-0.4, -0.2) is 12.1 Å². The number of hydrogen-bond donors (Lipinski definition) is 1. The summed E-state index contributed by atoms with van der Waals surface area (Å²) in [4.78, 5) is 0. The minimum Gasteiger partial charge on any atom is -0.310 e. The van der Waals surface area contributed by atoms with Gasteiger partial charge in [-0.05, 0) is 60.8 Å². The molecule has 2 heteroatoms. The Hall–Kier alpha value is -0.530. The summed E-state index contributed by atoms with van der Waals surface area (Å²) in [5.74, 6) is 1.69. The molecule has 4 atom stereocenters. The van der Waals surface area contributed by atoms with Crippen LogP contribution in [0.1, 0.15) is 37.8 Å². The van der Waals surface area contributed by atoms with E-state index >= 15 is 0 Å². The quantitative estimate of drug-likeness (QED) is 0.855. The second kappa shape index (κ2) is 4.86. The molecule has 0 bridgehead atoms. The molecule has 0 spiro atoms. The highest BCUT2D eigenvalue weighted by Crippen LogP contribution is 2.33. The molecule has 2 aliphatic carbocycles. The summed E-state index contributed by atoms with van der Waals surface area (Å²) in [5.41, 5.74) is 2.93. The lowest BCUT2D eigenvalue weighted by Crippen LogP contribution is -2.40. The first-order chi connectivity index (χ1) is 8.63. The number of nitrogens with one attached hydrogen (secondary N) is 1. The molecule has 0 radical (unpaired) electrons. The minimum atomic E-state index is 0.621. The molecule has 1 nitrogen and oxygen atoms in total.